The van der Waals surface area contributed by atoms with Gasteiger partial charge in [0.1, 0.15) is 0 Å². The molecule has 0 spiro atoms. The predicted octanol–water partition coefficient (Wildman–Crippen LogP) is -0.514. The molecule has 66 valence electrons. The smallest absolute Gasteiger partial charge is 0.292 e. The highest BCUT2D eigenvalue weighted by Gasteiger charge is 2.09. The number of nitrogens with one attached hydrogen (secondary N) is 1. The van der Waals surface area contributed by atoms with E-state index in [0.29, 0.717) is 12.5 Å². The van der Waals surface area contributed by atoms with E-state index in [1.165, 1.54) is 26.5 Å². The van der Waals surface area contributed by atoms with Crippen LogP contribution in [0, 0.1) is 0 Å². The highest BCUT2D eigenvalue weighted by molar-refractivity contribution is 5.36. The minimum Gasteiger partial charge on any atom is -0.471 e. The van der Waals surface area contributed by atoms with Crippen molar-refractivity contribution in [2.75, 3.05) is 20.2 Å². The van der Waals surface area contributed by atoms with Crippen LogP contribution in [0.2, 0.25) is 0 Å². The third kappa shape index (κ3) is 5.82. The molecule has 0 bridgehead atoms. The van der Waals surface area contributed by atoms with Crippen molar-refractivity contribution in [3.63, 3.8) is 0 Å². The standard InChI is InChI=1S/C5H12N2.C2H4O2/c6-4-5-2-1-3-7-5;1-4-2-3/h5,7H,1-4,6H2;2H,1H3. The summed E-state index contributed by atoms with van der Waals surface area (Å²) in [7, 11) is 1.31. The number of hydrogen-bond acceptors (Lipinski definition) is 4. The number of methoxy groups -OCH3 is 1. The second-order valence-corrected chi connectivity index (χ2v) is 2.36. The summed E-state index contributed by atoms with van der Waals surface area (Å²) in [6, 6.07) is 0.625. The molecule has 1 saturated heterocycles. The van der Waals surface area contributed by atoms with E-state index in [0.717, 1.165) is 6.54 Å². The molecule has 0 aliphatic carbocycles. The van der Waals surface area contributed by atoms with Crippen LogP contribution in [0.4, 0.5) is 0 Å². The van der Waals surface area contributed by atoms with Crippen molar-refractivity contribution >= 4 is 6.47 Å². The second kappa shape index (κ2) is 7.50. The normalized spacial score (nSPS) is 21.8. The summed E-state index contributed by atoms with van der Waals surface area (Å²) in [5.41, 5.74) is 5.37. The number of carbonyl (C=O) groups excluding carboxylic acids is 1. The van der Waals surface area contributed by atoms with E-state index in [9.17, 15) is 0 Å². The molecule has 0 aromatic carbocycles. The third-order valence-electron chi connectivity index (χ3n) is 1.54. The van der Waals surface area contributed by atoms with Gasteiger partial charge < -0.3 is 15.8 Å². The lowest BCUT2D eigenvalue weighted by atomic mass is 10.2. The van der Waals surface area contributed by atoms with Gasteiger partial charge >= 0.3 is 0 Å². The molecule has 0 aromatic rings. The molecule has 1 atom stereocenters. The van der Waals surface area contributed by atoms with Crippen molar-refractivity contribution in [3.05, 3.63) is 0 Å². The lowest BCUT2D eigenvalue weighted by molar-refractivity contribution is -0.126. The van der Waals surface area contributed by atoms with Gasteiger partial charge in [-0.3, -0.25) is 4.79 Å². The summed E-state index contributed by atoms with van der Waals surface area (Å²) in [4.78, 5) is 8.95. The maximum atomic E-state index is 8.95. The molecule has 0 saturated carbocycles. The molecule has 0 amide bonds. The van der Waals surface area contributed by atoms with Gasteiger partial charge in [-0.2, -0.15) is 0 Å². The quantitative estimate of drug-likeness (QED) is 0.534. The molecule has 1 aliphatic rings. The van der Waals surface area contributed by atoms with Crippen molar-refractivity contribution in [1.82, 2.24) is 5.32 Å². The number of rotatable bonds is 2. The first kappa shape index (κ1) is 10.4. The molecule has 4 heteroatoms. The van der Waals surface area contributed by atoms with Crippen LogP contribution in [0.5, 0.6) is 0 Å². The van der Waals surface area contributed by atoms with Crippen LogP contribution in [-0.4, -0.2) is 32.7 Å². The zero-order valence-corrected chi connectivity index (χ0v) is 6.88. The van der Waals surface area contributed by atoms with Crippen LogP contribution < -0.4 is 11.1 Å². The van der Waals surface area contributed by atoms with Crippen molar-refractivity contribution in [1.29, 1.82) is 0 Å². The van der Waals surface area contributed by atoms with Crippen molar-refractivity contribution < 1.29 is 9.53 Å². The van der Waals surface area contributed by atoms with Gasteiger partial charge in [-0.05, 0) is 19.4 Å². The van der Waals surface area contributed by atoms with E-state index < -0.39 is 0 Å². The monoisotopic (exact) mass is 160 g/mol. The summed E-state index contributed by atoms with van der Waals surface area (Å²) in [5, 5.41) is 3.28. The van der Waals surface area contributed by atoms with Gasteiger partial charge in [0.15, 0.2) is 0 Å². The lowest BCUT2D eigenvalue weighted by Crippen LogP contribution is -2.29. The fourth-order valence-corrected chi connectivity index (χ4v) is 0.958. The van der Waals surface area contributed by atoms with E-state index >= 15 is 0 Å². The Balaban J connectivity index is 0.000000218. The Bertz CT molecular complexity index is 92.4. The molecule has 1 unspecified atom stereocenters. The molecule has 0 aromatic heterocycles. The molecule has 1 fully saturated rings. The SMILES string of the molecule is COC=O.NCC1CCCN1. The van der Waals surface area contributed by atoms with E-state index in [-0.39, 0.29) is 0 Å². The molecule has 4 nitrogen and oxygen atoms in total. The first-order chi connectivity index (χ1) is 5.35. The number of nitrogens with two attached hydrogens (primary N) is 1. The van der Waals surface area contributed by atoms with Crippen molar-refractivity contribution in [2.45, 2.75) is 18.9 Å². The third-order valence-corrected chi connectivity index (χ3v) is 1.54. The van der Waals surface area contributed by atoms with Crippen molar-refractivity contribution in [2.24, 2.45) is 5.73 Å². The Hall–Kier alpha value is -0.610. The van der Waals surface area contributed by atoms with Gasteiger partial charge in [0, 0.05) is 12.6 Å². The topological polar surface area (TPSA) is 64.3 Å². The zero-order chi connectivity index (χ0) is 8.53. The highest BCUT2D eigenvalue weighted by atomic mass is 16.5. The van der Waals surface area contributed by atoms with E-state index in [2.05, 4.69) is 10.1 Å². The average molecular weight is 160 g/mol. The second-order valence-electron chi connectivity index (χ2n) is 2.36. The van der Waals surface area contributed by atoms with Crippen LogP contribution in [0.1, 0.15) is 12.8 Å². The number of carbonyl (C=O) groups is 1. The Kier molecular flexibility index (Phi) is 7.08. The van der Waals surface area contributed by atoms with Crippen LogP contribution in [0.15, 0.2) is 0 Å². The fraction of sp³-hybridized carbons (Fsp3) is 0.857. The zero-order valence-electron chi connectivity index (χ0n) is 6.88. The molecule has 11 heavy (non-hydrogen) atoms. The van der Waals surface area contributed by atoms with E-state index in [1.54, 1.807) is 0 Å². The fourth-order valence-electron chi connectivity index (χ4n) is 0.958. The molecule has 3 N–H and O–H groups in total. The van der Waals surface area contributed by atoms with Gasteiger partial charge in [0.2, 0.25) is 0 Å². The summed E-state index contributed by atoms with van der Waals surface area (Å²) < 4.78 is 3.86. The van der Waals surface area contributed by atoms with Gasteiger partial charge in [-0.1, -0.05) is 0 Å². The first-order valence-electron chi connectivity index (χ1n) is 3.75. The Morgan fingerprint density at radius 3 is 2.64 bits per heavy atom. The number of ether oxygens (including phenoxy) is 1. The van der Waals surface area contributed by atoms with Crippen LogP contribution in [0.25, 0.3) is 0 Å². The minimum absolute atomic E-state index is 0.375. The van der Waals surface area contributed by atoms with Crippen LogP contribution >= 0.6 is 0 Å². The van der Waals surface area contributed by atoms with Gasteiger partial charge in [-0.15, -0.1) is 0 Å². The summed E-state index contributed by atoms with van der Waals surface area (Å²) in [5.74, 6) is 0. The maximum absolute atomic E-state index is 8.95. The highest BCUT2D eigenvalue weighted by Crippen LogP contribution is 2.01. The van der Waals surface area contributed by atoms with E-state index in [1.807, 2.05) is 0 Å². The van der Waals surface area contributed by atoms with Gasteiger partial charge in [0.25, 0.3) is 6.47 Å². The van der Waals surface area contributed by atoms with Crippen molar-refractivity contribution in [3.8, 4) is 0 Å². The minimum atomic E-state index is 0.375. The molecule has 1 heterocycles. The lowest BCUT2D eigenvalue weighted by Gasteiger charge is -2.02. The molecule has 0 radical (unpaired) electrons. The number of hydrogen-bond donors (Lipinski definition) is 2. The van der Waals surface area contributed by atoms with E-state index in [4.69, 9.17) is 10.5 Å². The summed E-state index contributed by atoms with van der Waals surface area (Å²) >= 11 is 0. The Morgan fingerprint density at radius 2 is 2.45 bits per heavy atom. The van der Waals surface area contributed by atoms with Gasteiger partial charge in [-0.25, -0.2) is 0 Å². The summed E-state index contributed by atoms with van der Waals surface area (Å²) in [6.45, 7) is 2.35. The maximum Gasteiger partial charge on any atom is 0.292 e. The summed E-state index contributed by atoms with van der Waals surface area (Å²) in [6.07, 6.45) is 2.58. The Labute approximate surface area is 67.1 Å². The van der Waals surface area contributed by atoms with Gasteiger partial charge in [0.05, 0.1) is 7.11 Å². The molecular weight excluding hydrogens is 144 g/mol. The predicted molar refractivity (Wildman–Crippen MR) is 43.2 cm³/mol. The van der Waals surface area contributed by atoms with Crippen LogP contribution in [-0.2, 0) is 9.53 Å². The molecule has 1 rings (SSSR count). The largest absolute Gasteiger partial charge is 0.471 e. The first-order valence-corrected chi connectivity index (χ1v) is 3.75. The van der Waals surface area contributed by atoms with Crippen LogP contribution in [0.3, 0.4) is 0 Å². The Morgan fingerprint density at radius 1 is 1.82 bits per heavy atom. The molecular formula is C7H16N2O2. The molecule has 1 aliphatic heterocycles. The average Bonchev–Trinajstić information content (AvgIpc) is 2.56.